The molecule has 0 aromatic carbocycles. The minimum absolute atomic E-state index is 0.400. The molecule has 96 valence electrons. The highest BCUT2D eigenvalue weighted by atomic mass is 15.5. The third-order valence-electron chi connectivity index (χ3n) is 2.70. The molecule has 2 aromatic heterocycles. The van der Waals surface area contributed by atoms with Gasteiger partial charge in [0.05, 0.1) is 5.69 Å². The van der Waals surface area contributed by atoms with Crippen LogP contribution in [0.15, 0.2) is 6.07 Å². The van der Waals surface area contributed by atoms with Crippen molar-refractivity contribution in [2.75, 3.05) is 18.0 Å². The highest BCUT2D eigenvalue weighted by Gasteiger charge is 2.10. The van der Waals surface area contributed by atoms with E-state index in [1.54, 1.807) is 4.68 Å². The van der Waals surface area contributed by atoms with Gasteiger partial charge in [-0.15, -0.1) is 20.4 Å². The molecule has 7 nitrogen and oxygen atoms in total. The van der Waals surface area contributed by atoms with E-state index >= 15 is 0 Å². The third-order valence-corrected chi connectivity index (χ3v) is 2.70. The summed E-state index contributed by atoms with van der Waals surface area (Å²) in [6.07, 6.45) is 0. The standard InChI is InChI=1S/C11H17N7/c1-5-17(6-2)10-12-14-11(15-13-10)18-9(4)7-8(3)16-18/h7H,5-6H2,1-4H3. The van der Waals surface area contributed by atoms with Crippen molar-refractivity contribution in [3.8, 4) is 5.95 Å². The van der Waals surface area contributed by atoms with Crippen LogP contribution in [0.2, 0.25) is 0 Å². The molecule has 2 aromatic rings. The van der Waals surface area contributed by atoms with Crippen LogP contribution >= 0.6 is 0 Å². The van der Waals surface area contributed by atoms with E-state index < -0.39 is 0 Å². The van der Waals surface area contributed by atoms with E-state index in [0.717, 1.165) is 24.5 Å². The summed E-state index contributed by atoms with van der Waals surface area (Å²) in [6.45, 7) is 9.62. The predicted molar refractivity (Wildman–Crippen MR) is 67.8 cm³/mol. The Kier molecular flexibility index (Phi) is 3.50. The van der Waals surface area contributed by atoms with Gasteiger partial charge in [0.1, 0.15) is 0 Å². The summed E-state index contributed by atoms with van der Waals surface area (Å²) >= 11 is 0. The Labute approximate surface area is 106 Å². The number of hydrogen-bond donors (Lipinski definition) is 0. The maximum Gasteiger partial charge on any atom is 0.289 e. The summed E-state index contributed by atoms with van der Waals surface area (Å²) in [5, 5.41) is 20.6. The van der Waals surface area contributed by atoms with Gasteiger partial charge in [0.15, 0.2) is 0 Å². The monoisotopic (exact) mass is 247 g/mol. The molecule has 0 fully saturated rings. The molecular weight excluding hydrogens is 230 g/mol. The van der Waals surface area contributed by atoms with E-state index in [2.05, 4.69) is 25.5 Å². The molecule has 18 heavy (non-hydrogen) atoms. The van der Waals surface area contributed by atoms with Crippen LogP contribution < -0.4 is 4.90 Å². The summed E-state index contributed by atoms with van der Waals surface area (Å²) in [5.74, 6) is 0.946. The fraction of sp³-hybridized carbons (Fsp3) is 0.545. The lowest BCUT2D eigenvalue weighted by Crippen LogP contribution is -2.25. The topological polar surface area (TPSA) is 72.6 Å². The van der Waals surface area contributed by atoms with Crippen molar-refractivity contribution in [1.82, 2.24) is 30.2 Å². The number of hydrogen-bond acceptors (Lipinski definition) is 6. The van der Waals surface area contributed by atoms with Gasteiger partial charge in [-0.05, 0) is 33.8 Å². The Balaban J connectivity index is 2.30. The SMILES string of the molecule is CCN(CC)c1nnc(-n2nc(C)cc2C)nn1. The Bertz CT molecular complexity index is 513. The van der Waals surface area contributed by atoms with Gasteiger partial charge in [-0.25, -0.2) is 4.68 Å². The Hall–Kier alpha value is -2.05. The van der Waals surface area contributed by atoms with Crippen molar-refractivity contribution >= 4 is 5.95 Å². The van der Waals surface area contributed by atoms with E-state index in [1.807, 2.05) is 38.7 Å². The molecule has 0 radical (unpaired) electrons. The Morgan fingerprint density at radius 3 is 2.11 bits per heavy atom. The lowest BCUT2D eigenvalue weighted by molar-refractivity contribution is 0.687. The minimum atomic E-state index is 0.400. The molecule has 0 saturated heterocycles. The van der Waals surface area contributed by atoms with E-state index in [0.29, 0.717) is 11.9 Å². The van der Waals surface area contributed by atoms with Crippen LogP contribution in [-0.2, 0) is 0 Å². The van der Waals surface area contributed by atoms with Crippen molar-refractivity contribution < 1.29 is 0 Å². The number of aryl methyl sites for hydroxylation is 2. The Morgan fingerprint density at radius 1 is 1.06 bits per heavy atom. The molecule has 0 N–H and O–H groups in total. The lowest BCUT2D eigenvalue weighted by atomic mass is 10.4. The molecule has 0 aliphatic carbocycles. The van der Waals surface area contributed by atoms with E-state index in [1.165, 1.54) is 0 Å². The first-order chi connectivity index (χ1) is 8.65. The number of rotatable bonds is 4. The average molecular weight is 247 g/mol. The minimum Gasteiger partial charge on any atom is -0.339 e. The first-order valence-corrected chi connectivity index (χ1v) is 6.01. The first kappa shape index (κ1) is 12.4. The van der Waals surface area contributed by atoms with Crippen molar-refractivity contribution in [2.45, 2.75) is 27.7 Å². The number of nitrogens with zero attached hydrogens (tertiary/aromatic N) is 7. The second-order valence-corrected chi connectivity index (χ2v) is 4.01. The molecule has 0 bridgehead atoms. The van der Waals surface area contributed by atoms with Gasteiger partial charge in [-0.1, -0.05) is 0 Å². The fourth-order valence-corrected chi connectivity index (χ4v) is 1.77. The molecule has 0 aliphatic rings. The molecule has 7 heteroatoms. The maximum absolute atomic E-state index is 4.29. The predicted octanol–water partition coefficient (Wildman–Crippen LogP) is 0.915. The van der Waals surface area contributed by atoms with Crippen molar-refractivity contribution in [3.05, 3.63) is 17.5 Å². The highest BCUT2D eigenvalue weighted by molar-refractivity contribution is 5.26. The van der Waals surface area contributed by atoms with Crippen molar-refractivity contribution in [1.29, 1.82) is 0 Å². The average Bonchev–Trinajstić information content (AvgIpc) is 2.71. The molecule has 0 amide bonds. The second-order valence-electron chi connectivity index (χ2n) is 4.01. The third kappa shape index (κ3) is 2.29. The zero-order valence-electron chi connectivity index (χ0n) is 11.1. The van der Waals surface area contributed by atoms with Crippen LogP contribution in [-0.4, -0.2) is 43.3 Å². The van der Waals surface area contributed by atoms with E-state index in [-0.39, 0.29) is 0 Å². The molecule has 0 aliphatic heterocycles. The quantitative estimate of drug-likeness (QED) is 0.799. The highest BCUT2D eigenvalue weighted by Crippen LogP contribution is 2.07. The summed E-state index contributed by atoms with van der Waals surface area (Å²) < 4.78 is 1.64. The lowest BCUT2D eigenvalue weighted by Gasteiger charge is -2.16. The van der Waals surface area contributed by atoms with Gasteiger partial charge in [0.2, 0.25) is 0 Å². The molecule has 0 spiro atoms. The van der Waals surface area contributed by atoms with Gasteiger partial charge in [0.25, 0.3) is 11.9 Å². The molecular formula is C11H17N7. The van der Waals surface area contributed by atoms with Crippen molar-refractivity contribution in [2.24, 2.45) is 0 Å². The van der Waals surface area contributed by atoms with Crippen LogP contribution in [0.4, 0.5) is 5.95 Å². The fourth-order valence-electron chi connectivity index (χ4n) is 1.77. The van der Waals surface area contributed by atoms with Crippen LogP contribution in [0, 0.1) is 13.8 Å². The van der Waals surface area contributed by atoms with Crippen LogP contribution in [0.3, 0.4) is 0 Å². The maximum atomic E-state index is 4.29. The smallest absolute Gasteiger partial charge is 0.289 e. The second kappa shape index (κ2) is 5.07. The number of anilines is 1. The zero-order chi connectivity index (χ0) is 13.1. The molecule has 0 atom stereocenters. The molecule has 2 rings (SSSR count). The van der Waals surface area contributed by atoms with Gasteiger partial charge in [-0.3, -0.25) is 0 Å². The van der Waals surface area contributed by atoms with Gasteiger partial charge in [-0.2, -0.15) is 5.10 Å². The van der Waals surface area contributed by atoms with Crippen LogP contribution in [0.5, 0.6) is 0 Å². The van der Waals surface area contributed by atoms with Crippen LogP contribution in [0.25, 0.3) is 5.95 Å². The van der Waals surface area contributed by atoms with Crippen molar-refractivity contribution in [3.63, 3.8) is 0 Å². The first-order valence-electron chi connectivity index (χ1n) is 6.01. The van der Waals surface area contributed by atoms with E-state index in [4.69, 9.17) is 0 Å². The number of aromatic nitrogens is 6. The zero-order valence-corrected chi connectivity index (χ0v) is 11.1. The Morgan fingerprint density at radius 2 is 1.67 bits per heavy atom. The van der Waals surface area contributed by atoms with Gasteiger partial charge >= 0.3 is 0 Å². The summed E-state index contributed by atoms with van der Waals surface area (Å²) in [5.41, 5.74) is 1.88. The molecule has 2 heterocycles. The molecule has 0 saturated carbocycles. The summed E-state index contributed by atoms with van der Waals surface area (Å²) in [4.78, 5) is 1.99. The largest absolute Gasteiger partial charge is 0.339 e. The summed E-state index contributed by atoms with van der Waals surface area (Å²) in [6, 6.07) is 1.96. The van der Waals surface area contributed by atoms with Gasteiger partial charge < -0.3 is 4.90 Å². The summed E-state index contributed by atoms with van der Waals surface area (Å²) in [7, 11) is 0. The van der Waals surface area contributed by atoms with E-state index in [9.17, 15) is 0 Å². The normalized spacial score (nSPS) is 10.7. The van der Waals surface area contributed by atoms with Crippen LogP contribution in [0.1, 0.15) is 25.2 Å². The van der Waals surface area contributed by atoms with Gasteiger partial charge in [0, 0.05) is 18.8 Å². The molecule has 0 unspecified atom stereocenters.